The average molecular weight is 316 g/mol. The molecule has 0 spiro atoms. The lowest BCUT2D eigenvalue weighted by molar-refractivity contribution is -0.0553. The minimum atomic E-state index is -0.301. The summed E-state index contributed by atoms with van der Waals surface area (Å²) >= 11 is 6.16. The molecule has 1 atom stereocenters. The molecule has 1 aliphatic heterocycles. The number of aromatic nitrogens is 2. The van der Waals surface area contributed by atoms with Crippen molar-refractivity contribution >= 4 is 17.3 Å². The summed E-state index contributed by atoms with van der Waals surface area (Å²) in [6.45, 7) is 5.62. The number of ether oxygens (including phenoxy) is 2. The van der Waals surface area contributed by atoms with Crippen molar-refractivity contribution in [2.24, 2.45) is 0 Å². The van der Waals surface area contributed by atoms with E-state index in [4.69, 9.17) is 21.1 Å². The van der Waals surface area contributed by atoms with Gasteiger partial charge in [-0.05, 0) is 26.7 Å². The summed E-state index contributed by atoms with van der Waals surface area (Å²) in [5, 5.41) is 7.61. The normalized spacial score (nSPS) is 21.2. The molecule has 1 N–H and O–H groups in total. The Labute approximate surface area is 129 Å². The van der Waals surface area contributed by atoms with E-state index in [1.807, 2.05) is 0 Å². The number of halogens is 1. The van der Waals surface area contributed by atoms with Crippen LogP contribution in [0.1, 0.15) is 26.7 Å². The second-order valence-electron chi connectivity index (χ2n) is 5.84. The lowest BCUT2D eigenvalue weighted by Gasteiger charge is -2.36. The SMILES string of the molecule is COCCn1ncc(NC2CCOC(C)(C)C2)c(Cl)c1=O. The molecule has 21 heavy (non-hydrogen) atoms. The zero-order valence-electron chi connectivity index (χ0n) is 12.7. The van der Waals surface area contributed by atoms with Crippen LogP contribution < -0.4 is 10.9 Å². The largest absolute Gasteiger partial charge is 0.383 e. The Morgan fingerprint density at radius 1 is 1.62 bits per heavy atom. The Kier molecular flexibility index (Phi) is 5.24. The number of rotatable bonds is 5. The Hall–Kier alpha value is -1.11. The highest BCUT2D eigenvalue weighted by molar-refractivity contribution is 6.32. The fourth-order valence-corrected chi connectivity index (χ4v) is 2.68. The molecule has 2 rings (SSSR count). The van der Waals surface area contributed by atoms with Gasteiger partial charge >= 0.3 is 0 Å². The average Bonchev–Trinajstić information content (AvgIpc) is 2.42. The first-order valence-electron chi connectivity index (χ1n) is 7.08. The van der Waals surface area contributed by atoms with Gasteiger partial charge < -0.3 is 14.8 Å². The Bertz CT molecular complexity index is 545. The van der Waals surface area contributed by atoms with Crippen molar-refractivity contribution in [3.8, 4) is 0 Å². The van der Waals surface area contributed by atoms with Crippen molar-refractivity contribution in [1.29, 1.82) is 0 Å². The second-order valence-corrected chi connectivity index (χ2v) is 6.21. The topological polar surface area (TPSA) is 65.4 Å². The molecule has 0 radical (unpaired) electrons. The van der Waals surface area contributed by atoms with Crippen LogP contribution in [0.3, 0.4) is 0 Å². The third-order valence-electron chi connectivity index (χ3n) is 3.55. The number of hydrogen-bond acceptors (Lipinski definition) is 5. The Balaban J connectivity index is 2.10. The van der Waals surface area contributed by atoms with E-state index < -0.39 is 0 Å². The molecule has 118 valence electrons. The second kappa shape index (κ2) is 6.77. The van der Waals surface area contributed by atoms with Crippen molar-refractivity contribution in [2.75, 3.05) is 25.6 Å². The molecule has 0 saturated carbocycles. The molecule has 2 heterocycles. The van der Waals surface area contributed by atoms with Crippen LogP contribution >= 0.6 is 11.6 Å². The Morgan fingerprint density at radius 3 is 3.05 bits per heavy atom. The van der Waals surface area contributed by atoms with Crippen molar-refractivity contribution in [3.05, 3.63) is 21.6 Å². The molecule has 1 saturated heterocycles. The number of nitrogens with one attached hydrogen (secondary N) is 1. The van der Waals surface area contributed by atoms with E-state index >= 15 is 0 Å². The lowest BCUT2D eigenvalue weighted by atomic mass is 9.94. The highest BCUT2D eigenvalue weighted by atomic mass is 35.5. The zero-order valence-corrected chi connectivity index (χ0v) is 13.4. The van der Waals surface area contributed by atoms with Gasteiger partial charge in [0.05, 0.1) is 30.6 Å². The third kappa shape index (κ3) is 4.18. The summed E-state index contributed by atoms with van der Waals surface area (Å²) in [5.74, 6) is 0. The van der Waals surface area contributed by atoms with E-state index in [9.17, 15) is 4.79 Å². The van der Waals surface area contributed by atoms with E-state index in [1.54, 1.807) is 13.3 Å². The van der Waals surface area contributed by atoms with Crippen LogP contribution in [0, 0.1) is 0 Å². The molecule has 1 aromatic rings. The first-order chi connectivity index (χ1) is 9.93. The maximum absolute atomic E-state index is 12.1. The van der Waals surface area contributed by atoms with Crippen LogP contribution in [-0.2, 0) is 16.0 Å². The molecule has 0 amide bonds. The van der Waals surface area contributed by atoms with Gasteiger partial charge in [-0.2, -0.15) is 5.10 Å². The van der Waals surface area contributed by atoms with Gasteiger partial charge in [0.15, 0.2) is 0 Å². The fraction of sp³-hybridized carbons (Fsp3) is 0.714. The number of nitrogens with zero attached hydrogens (tertiary/aromatic N) is 2. The summed E-state index contributed by atoms with van der Waals surface area (Å²) in [6.07, 6.45) is 3.34. The van der Waals surface area contributed by atoms with Gasteiger partial charge in [0.2, 0.25) is 0 Å². The molecule has 7 heteroatoms. The maximum Gasteiger partial charge on any atom is 0.287 e. The van der Waals surface area contributed by atoms with Crippen molar-refractivity contribution < 1.29 is 9.47 Å². The third-order valence-corrected chi connectivity index (χ3v) is 3.91. The lowest BCUT2D eigenvalue weighted by Crippen LogP contribution is -2.40. The maximum atomic E-state index is 12.1. The molecule has 0 aliphatic carbocycles. The predicted molar refractivity (Wildman–Crippen MR) is 82.1 cm³/mol. The molecule has 1 aromatic heterocycles. The molecular weight excluding hydrogens is 294 g/mol. The van der Waals surface area contributed by atoms with Crippen molar-refractivity contribution in [3.63, 3.8) is 0 Å². The first-order valence-corrected chi connectivity index (χ1v) is 7.46. The fourth-order valence-electron chi connectivity index (χ4n) is 2.48. The first kappa shape index (κ1) is 16.3. The van der Waals surface area contributed by atoms with Crippen LogP contribution in [0.4, 0.5) is 5.69 Å². The van der Waals surface area contributed by atoms with E-state index in [0.29, 0.717) is 25.4 Å². The summed E-state index contributed by atoms with van der Waals surface area (Å²) in [6, 6.07) is 0.224. The van der Waals surface area contributed by atoms with Crippen LogP contribution in [0.5, 0.6) is 0 Å². The molecule has 6 nitrogen and oxygen atoms in total. The highest BCUT2D eigenvalue weighted by Gasteiger charge is 2.29. The van der Waals surface area contributed by atoms with Gasteiger partial charge in [0.25, 0.3) is 5.56 Å². The van der Waals surface area contributed by atoms with Gasteiger partial charge in [0.1, 0.15) is 5.02 Å². The summed E-state index contributed by atoms with van der Waals surface area (Å²) in [4.78, 5) is 12.1. The number of methoxy groups -OCH3 is 1. The van der Waals surface area contributed by atoms with E-state index in [2.05, 4.69) is 24.3 Å². The monoisotopic (exact) mass is 315 g/mol. The highest BCUT2D eigenvalue weighted by Crippen LogP contribution is 2.27. The van der Waals surface area contributed by atoms with Gasteiger partial charge in [0, 0.05) is 19.8 Å². The molecule has 1 aliphatic rings. The van der Waals surface area contributed by atoms with Crippen LogP contribution in [-0.4, -0.2) is 41.7 Å². The van der Waals surface area contributed by atoms with Crippen LogP contribution in [0.2, 0.25) is 5.02 Å². The summed E-state index contributed by atoms with van der Waals surface area (Å²) in [5.41, 5.74) is 0.117. The number of anilines is 1. The minimum absolute atomic E-state index is 0.163. The summed E-state index contributed by atoms with van der Waals surface area (Å²) in [7, 11) is 1.58. The smallest absolute Gasteiger partial charge is 0.287 e. The van der Waals surface area contributed by atoms with E-state index in [1.165, 1.54) is 4.68 Å². The van der Waals surface area contributed by atoms with E-state index in [-0.39, 0.29) is 22.2 Å². The van der Waals surface area contributed by atoms with Gasteiger partial charge in [-0.3, -0.25) is 4.79 Å². The van der Waals surface area contributed by atoms with Crippen LogP contribution in [0.25, 0.3) is 0 Å². The van der Waals surface area contributed by atoms with Gasteiger partial charge in [-0.1, -0.05) is 11.6 Å². The molecule has 1 fully saturated rings. The van der Waals surface area contributed by atoms with Crippen molar-refractivity contribution in [2.45, 2.75) is 44.9 Å². The molecule has 0 aromatic carbocycles. The predicted octanol–water partition coefficient (Wildman–Crippen LogP) is 1.91. The van der Waals surface area contributed by atoms with E-state index in [0.717, 1.165) is 12.8 Å². The van der Waals surface area contributed by atoms with Crippen molar-refractivity contribution in [1.82, 2.24) is 9.78 Å². The Morgan fingerprint density at radius 2 is 2.38 bits per heavy atom. The standard InChI is InChI=1S/C14H22ClN3O3/c1-14(2)8-10(4-6-21-14)17-11-9-16-18(5-7-20-3)13(19)12(11)15/h9-10,17H,4-8H2,1-3H3. The van der Waals surface area contributed by atoms with Gasteiger partial charge in [-0.15, -0.1) is 0 Å². The molecule has 0 bridgehead atoms. The zero-order chi connectivity index (χ0) is 15.5. The van der Waals surface area contributed by atoms with Crippen LogP contribution in [0.15, 0.2) is 11.0 Å². The molecule has 1 unspecified atom stereocenters. The number of hydrogen-bond donors (Lipinski definition) is 1. The minimum Gasteiger partial charge on any atom is -0.383 e. The quantitative estimate of drug-likeness (QED) is 0.899. The summed E-state index contributed by atoms with van der Waals surface area (Å²) < 4.78 is 11.9. The molecular formula is C14H22ClN3O3. The van der Waals surface area contributed by atoms with Gasteiger partial charge in [-0.25, -0.2) is 4.68 Å².